The van der Waals surface area contributed by atoms with Crippen LogP contribution < -0.4 is 14.9 Å². The first-order valence-corrected chi connectivity index (χ1v) is 12.3. The Morgan fingerprint density at radius 1 is 0.878 bits per heavy atom. The predicted molar refractivity (Wildman–Crippen MR) is 148 cm³/mol. The molecule has 41 heavy (non-hydrogen) atoms. The molecule has 0 radical (unpaired) electrons. The third-order valence-corrected chi connectivity index (χ3v) is 6.25. The normalized spacial score (nSPS) is 11.5. The molecule has 0 aliphatic heterocycles. The first kappa shape index (κ1) is 27.2. The molecule has 0 saturated heterocycles. The average Bonchev–Trinajstić information content (AvgIpc) is 3.38. The van der Waals surface area contributed by atoms with Crippen LogP contribution in [0.3, 0.4) is 0 Å². The fraction of sp³-hybridized carbons (Fsp3) is 0.0645. The number of aromatic amines is 1. The van der Waals surface area contributed by atoms with Crippen molar-refractivity contribution in [2.24, 2.45) is 5.10 Å². The van der Waals surface area contributed by atoms with Crippen molar-refractivity contribution in [3.63, 3.8) is 0 Å². The Kier molecular flexibility index (Phi) is 7.55. The molecular formula is C31H22F3N3O4. The lowest BCUT2D eigenvalue weighted by molar-refractivity contribution is -0.136. The minimum atomic E-state index is -4.63. The van der Waals surface area contributed by atoms with Crippen LogP contribution in [0.15, 0.2) is 102 Å². The number of ether oxygens (including phenoxy) is 2. The largest absolute Gasteiger partial charge is 0.497 e. The first-order valence-electron chi connectivity index (χ1n) is 12.3. The summed E-state index contributed by atoms with van der Waals surface area (Å²) in [6, 6.07) is 25.3. The zero-order valence-corrected chi connectivity index (χ0v) is 21.5. The number of fused-ring (bicyclic) bond motifs is 1. The second kappa shape index (κ2) is 11.4. The quantitative estimate of drug-likeness (QED) is 0.0991. The maximum Gasteiger partial charge on any atom is 0.418 e. The molecule has 10 heteroatoms. The molecule has 7 nitrogen and oxygen atoms in total. The minimum Gasteiger partial charge on any atom is -0.497 e. The first-order chi connectivity index (χ1) is 19.8. The summed E-state index contributed by atoms with van der Waals surface area (Å²) >= 11 is 0. The molecule has 2 N–H and O–H groups in total. The van der Waals surface area contributed by atoms with Crippen molar-refractivity contribution in [2.45, 2.75) is 6.18 Å². The smallest absolute Gasteiger partial charge is 0.418 e. The lowest BCUT2D eigenvalue weighted by Gasteiger charge is -2.08. The van der Waals surface area contributed by atoms with E-state index in [2.05, 4.69) is 15.5 Å². The van der Waals surface area contributed by atoms with Crippen LogP contribution in [-0.4, -0.2) is 30.2 Å². The zero-order valence-electron chi connectivity index (χ0n) is 21.5. The number of nitrogens with one attached hydrogen (secondary N) is 2. The molecule has 0 atom stereocenters. The molecule has 4 aromatic carbocycles. The number of esters is 1. The van der Waals surface area contributed by atoms with E-state index in [1.54, 1.807) is 78.9 Å². The van der Waals surface area contributed by atoms with Crippen LogP contribution in [-0.2, 0) is 6.18 Å². The van der Waals surface area contributed by atoms with Gasteiger partial charge in [0.05, 0.1) is 30.0 Å². The third-order valence-electron chi connectivity index (χ3n) is 6.25. The van der Waals surface area contributed by atoms with Gasteiger partial charge in [0.1, 0.15) is 17.2 Å². The monoisotopic (exact) mass is 557 g/mol. The summed E-state index contributed by atoms with van der Waals surface area (Å²) in [5.41, 5.74) is 2.75. The minimum absolute atomic E-state index is 0.0840. The lowest BCUT2D eigenvalue weighted by atomic mass is 10.0. The summed E-state index contributed by atoms with van der Waals surface area (Å²) in [7, 11) is 1.52. The lowest BCUT2D eigenvalue weighted by Crippen LogP contribution is -2.19. The fourth-order valence-electron chi connectivity index (χ4n) is 4.31. The number of nitrogens with zero attached hydrogens (tertiary/aromatic N) is 1. The molecule has 0 unspecified atom stereocenters. The maximum atomic E-state index is 13.7. The number of carbonyl (C=O) groups excluding carboxylic acids is 2. The van der Waals surface area contributed by atoms with Gasteiger partial charge >= 0.3 is 12.1 Å². The van der Waals surface area contributed by atoms with Crippen molar-refractivity contribution in [3.8, 4) is 22.6 Å². The van der Waals surface area contributed by atoms with Gasteiger partial charge in [0.25, 0.3) is 5.91 Å². The standard InChI is InChI=1S/C31H22F3N3O4/c1-40-22-16-14-20(15-17-22)30(39)41-25-13-6-5-10-21(25)18-35-37-29(38)28-26(19-8-3-2-4-9-19)23-11-7-12-24(27(23)36-28)31(32,33)34/h2-18,36H,1H3,(H,37,38). The summed E-state index contributed by atoms with van der Waals surface area (Å²) < 4.78 is 51.8. The number of carbonyl (C=O) groups is 2. The van der Waals surface area contributed by atoms with E-state index in [9.17, 15) is 22.8 Å². The maximum absolute atomic E-state index is 13.7. The van der Waals surface area contributed by atoms with Crippen molar-refractivity contribution in [1.82, 2.24) is 10.4 Å². The molecule has 1 heterocycles. The van der Waals surface area contributed by atoms with E-state index in [0.29, 0.717) is 28.0 Å². The van der Waals surface area contributed by atoms with Gasteiger partial charge in [0.2, 0.25) is 0 Å². The van der Waals surface area contributed by atoms with E-state index in [1.165, 1.54) is 25.5 Å². The molecule has 206 valence electrons. The van der Waals surface area contributed by atoms with Gasteiger partial charge in [-0.25, -0.2) is 10.2 Å². The van der Waals surface area contributed by atoms with Gasteiger partial charge in [-0.3, -0.25) is 4.79 Å². The molecule has 5 aromatic rings. The van der Waals surface area contributed by atoms with Crippen LogP contribution in [0.4, 0.5) is 13.2 Å². The Morgan fingerprint density at radius 2 is 1.59 bits per heavy atom. The van der Waals surface area contributed by atoms with Crippen LogP contribution in [0.25, 0.3) is 22.0 Å². The van der Waals surface area contributed by atoms with Gasteiger partial charge < -0.3 is 14.5 Å². The molecule has 0 aliphatic carbocycles. The second-order valence-electron chi connectivity index (χ2n) is 8.82. The Balaban J connectivity index is 1.42. The number of amides is 1. The van der Waals surface area contributed by atoms with E-state index in [1.807, 2.05) is 0 Å². The molecule has 1 amide bonds. The number of hydrogen-bond acceptors (Lipinski definition) is 5. The topological polar surface area (TPSA) is 92.8 Å². The van der Waals surface area contributed by atoms with Crippen LogP contribution in [0.5, 0.6) is 11.5 Å². The molecule has 5 rings (SSSR count). The van der Waals surface area contributed by atoms with E-state index in [4.69, 9.17) is 9.47 Å². The predicted octanol–water partition coefficient (Wildman–Crippen LogP) is 6.85. The molecule has 0 aliphatic rings. The fourth-order valence-corrected chi connectivity index (χ4v) is 4.31. The second-order valence-corrected chi connectivity index (χ2v) is 8.82. The highest BCUT2D eigenvalue weighted by atomic mass is 19.4. The number of hydrazone groups is 1. The number of H-pyrrole nitrogens is 1. The number of hydrogen-bond donors (Lipinski definition) is 2. The van der Waals surface area contributed by atoms with E-state index >= 15 is 0 Å². The number of para-hydroxylation sites is 2. The molecular weight excluding hydrogens is 535 g/mol. The van der Waals surface area contributed by atoms with Gasteiger partial charge in [-0.05, 0) is 48.0 Å². The van der Waals surface area contributed by atoms with Gasteiger partial charge in [-0.15, -0.1) is 0 Å². The summed E-state index contributed by atoms with van der Waals surface area (Å²) in [5.74, 6) is -0.581. The molecule has 0 bridgehead atoms. The molecule has 1 aromatic heterocycles. The summed E-state index contributed by atoms with van der Waals surface area (Å²) in [6.45, 7) is 0. The van der Waals surface area contributed by atoms with Crippen LogP contribution in [0.1, 0.15) is 32.0 Å². The Hall–Kier alpha value is -5.38. The Bertz CT molecular complexity index is 1740. The number of methoxy groups -OCH3 is 1. The SMILES string of the molecule is COc1ccc(C(=O)Oc2ccccc2C=NNC(=O)c2[nH]c3c(C(F)(F)F)cccc3c2-c2ccccc2)cc1. The number of rotatable bonds is 7. The van der Waals surface area contributed by atoms with Crippen molar-refractivity contribution in [3.05, 3.63) is 119 Å². The van der Waals surface area contributed by atoms with Gasteiger partial charge in [0, 0.05) is 16.5 Å². The number of halogens is 3. The highest BCUT2D eigenvalue weighted by Crippen LogP contribution is 2.39. The van der Waals surface area contributed by atoms with Crippen LogP contribution in [0, 0.1) is 0 Å². The summed E-state index contributed by atoms with van der Waals surface area (Å²) in [4.78, 5) is 28.5. The zero-order chi connectivity index (χ0) is 29.0. The molecule has 0 saturated carbocycles. The molecule has 0 spiro atoms. The summed E-state index contributed by atoms with van der Waals surface area (Å²) in [6.07, 6.45) is -3.35. The van der Waals surface area contributed by atoms with Gasteiger partial charge in [-0.2, -0.15) is 18.3 Å². The Labute approximate surface area is 232 Å². The highest BCUT2D eigenvalue weighted by Gasteiger charge is 2.34. The van der Waals surface area contributed by atoms with Crippen LogP contribution >= 0.6 is 0 Å². The molecule has 0 fully saturated rings. The van der Waals surface area contributed by atoms with E-state index < -0.39 is 23.6 Å². The van der Waals surface area contributed by atoms with Crippen molar-refractivity contribution < 1.29 is 32.2 Å². The van der Waals surface area contributed by atoms with Crippen LogP contribution in [0.2, 0.25) is 0 Å². The highest BCUT2D eigenvalue weighted by molar-refractivity contribution is 6.10. The third kappa shape index (κ3) is 5.81. The van der Waals surface area contributed by atoms with Gasteiger partial charge in [-0.1, -0.05) is 54.6 Å². The number of benzene rings is 4. The van der Waals surface area contributed by atoms with E-state index in [0.717, 1.165) is 6.07 Å². The number of aromatic nitrogens is 1. The number of alkyl halides is 3. The van der Waals surface area contributed by atoms with Crippen molar-refractivity contribution >= 4 is 29.0 Å². The van der Waals surface area contributed by atoms with Crippen molar-refractivity contribution in [1.29, 1.82) is 0 Å². The average molecular weight is 558 g/mol. The van der Waals surface area contributed by atoms with Crippen molar-refractivity contribution in [2.75, 3.05) is 7.11 Å². The Morgan fingerprint density at radius 3 is 2.29 bits per heavy atom. The van der Waals surface area contributed by atoms with E-state index in [-0.39, 0.29) is 22.3 Å². The van der Waals surface area contributed by atoms with Gasteiger partial charge in [0.15, 0.2) is 0 Å². The summed E-state index contributed by atoms with van der Waals surface area (Å²) in [5, 5.41) is 4.23.